The quantitative estimate of drug-likeness (QED) is 0.220. The molecule has 3 aromatic heterocycles. The minimum absolute atomic E-state index is 0.208. The van der Waals surface area contributed by atoms with Gasteiger partial charge in [-0.25, -0.2) is 9.97 Å². The third kappa shape index (κ3) is 3.74. The molecule has 1 atom stereocenters. The molecule has 45 heavy (non-hydrogen) atoms. The molecular formula is C40H25N3OS. The zero-order chi connectivity index (χ0) is 30.0. The van der Waals surface area contributed by atoms with E-state index in [9.17, 15) is 5.11 Å². The molecule has 0 saturated carbocycles. The van der Waals surface area contributed by atoms with Crippen LogP contribution >= 0.6 is 11.3 Å². The zero-order valence-corrected chi connectivity index (χ0v) is 24.9. The first kappa shape index (κ1) is 25.8. The molecule has 212 valence electrons. The van der Waals surface area contributed by atoms with Crippen molar-refractivity contribution in [3.05, 3.63) is 168 Å². The Bertz CT molecular complexity index is 2430. The maximum absolute atomic E-state index is 10.8. The minimum atomic E-state index is -0.728. The molecule has 0 amide bonds. The lowest BCUT2D eigenvalue weighted by atomic mass is 9.69. The monoisotopic (exact) mass is 595 g/mol. The normalized spacial score (nSPS) is 15.3. The van der Waals surface area contributed by atoms with Crippen molar-refractivity contribution in [2.45, 2.75) is 5.41 Å². The molecule has 3 heterocycles. The summed E-state index contributed by atoms with van der Waals surface area (Å²) in [7, 11) is 0. The highest BCUT2D eigenvalue weighted by atomic mass is 32.1. The van der Waals surface area contributed by atoms with Gasteiger partial charge in [0.15, 0.2) is 0 Å². The highest BCUT2D eigenvalue weighted by molar-refractivity contribution is 7.17. The number of rotatable bonds is 4. The molecule has 1 aliphatic rings. The number of aromatic hydroxyl groups is 1. The summed E-state index contributed by atoms with van der Waals surface area (Å²) in [5.41, 5.74) is 10.4. The van der Waals surface area contributed by atoms with Gasteiger partial charge in [-0.05, 0) is 80.4 Å². The topological polar surface area (TPSA) is 58.9 Å². The Hall–Kier alpha value is -5.65. The Labute approximate surface area is 264 Å². The standard InChI is InChI=1S/C40H25N3OS/c44-35-17-6-4-14-30(35)33-16-8-18-36(43-33)40(27-11-7-10-26(23-27)38-39-34(21-22-45-39)41-24-42-38)31-15-5-3-13-29(31)37-28-12-2-1-9-25(28)19-20-32(37)40/h1-24,44H. The lowest BCUT2D eigenvalue weighted by molar-refractivity contribution is 0.477. The van der Waals surface area contributed by atoms with Crippen LogP contribution in [-0.2, 0) is 5.41 Å². The third-order valence-electron chi connectivity index (χ3n) is 9.06. The average Bonchev–Trinajstić information content (AvgIpc) is 3.70. The Kier molecular flexibility index (Phi) is 5.70. The van der Waals surface area contributed by atoms with Crippen molar-refractivity contribution in [3.8, 4) is 39.4 Å². The van der Waals surface area contributed by atoms with E-state index in [0.29, 0.717) is 5.56 Å². The number of fused-ring (bicyclic) bond motifs is 6. The van der Waals surface area contributed by atoms with Crippen LogP contribution in [0.5, 0.6) is 5.75 Å². The maximum Gasteiger partial charge on any atom is 0.124 e. The number of pyridine rings is 1. The smallest absolute Gasteiger partial charge is 0.124 e. The van der Waals surface area contributed by atoms with Crippen LogP contribution in [0.4, 0.5) is 0 Å². The summed E-state index contributed by atoms with van der Waals surface area (Å²) in [4.78, 5) is 14.6. The van der Waals surface area contributed by atoms with Gasteiger partial charge in [0.05, 0.1) is 32.7 Å². The van der Waals surface area contributed by atoms with Crippen LogP contribution in [0.2, 0.25) is 0 Å². The third-order valence-corrected chi connectivity index (χ3v) is 9.97. The van der Waals surface area contributed by atoms with Crippen molar-refractivity contribution in [1.82, 2.24) is 15.0 Å². The Morgan fingerprint density at radius 2 is 1.47 bits per heavy atom. The predicted octanol–water partition coefficient (Wildman–Crippen LogP) is 9.64. The Balaban J connectivity index is 1.40. The summed E-state index contributed by atoms with van der Waals surface area (Å²) < 4.78 is 1.07. The number of benzene rings is 5. The average molecular weight is 596 g/mol. The Morgan fingerprint density at radius 3 is 2.40 bits per heavy atom. The van der Waals surface area contributed by atoms with Crippen LogP contribution in [0.15, 0.2) is 145 Å². The number of para-hydroxylation sites is 1. The summed E-state index contributed by atoms with van der Waals surface area (Å²) >= 11 is 1.66. The fourth-order valence-electron chi connectivity index (χ4n) is 7.16. The first-order valence-corrected chi connectivity index (χ1v) is 15.8. The van der Waals surface area contributed by atoms with E-state index in [1.54, 1.807) is 23.7 Å². The number of nitrogens with zero attached hydrogens (tertiary/aromatic N) is 3. The lowest BCUT2D eigenvalue weighted by Crippen LogP contribution is -2.30. The molecule has 0 radical (unpaired) electrons. The van der Waals surface area contributed by atoms with Crippen LogP contribution in [0.1, 0.15) is 22.4 Å². The fourth-order valence-corrected chi connectivity index (χ4v) is 8.02. The molecule has 1 unspecified atom stereocenters. The number of phenolic OH excluding ortho intramolecular Hbond substituents is 1. The molecule has 5 heteroatoms. The van der Waals surface area contributed by atoms with Gasteiger partial charge < -0.3 is 5.11 Å². The largest absolute Gasteiger partial charge is 0.507 e. The highest BCUT2D eigenvalue weighted by Crippen LogP contribution is 2.57. The van der Waals surface area contributed by atoms with Crippen LogP contribution < -0.4 is 0 Å². The van der Waals surface area contributed by atoms with E-state index in [1.807, 2.05) is 30.3 Å². The van der Waals surface area contributed by atoms with E-state index >= 15 is 0 Å². The van der Waals surface area contributed by atoms with E-state index in [-0.39, 0.29) is 5.75 Å². The van der Waals surface area contributed by atoms with Gasteiger partial charge in [-0.3, -0.25) is 4.98 Å². The van der Waals surface area contributed by atoms with Gasteiger partial charge in [-0.15, -0.1) is 11.3 Å². The first-order chi connectivity index (χ1) is 22.2. The number of hydrogen-bond acceptors (Lipinski definition) is 5. The summed E-state index contributed by atoms with van der Waals surface area (Å²) in [6.45, 7) is 0. The molecule has 0 fully saturated rings. The van der Waals surface area contributed by atoms with Crippen molar-refractivity contribution in [3.63, 3.8) is 0 Å². The molecule has 5 aromatic carbocycles. The summed E-state index contributed by atoms with van der Waals surface area (Å²) in [5.74, 6) is 0.208. The van der Waals surface area contributed by atoms with E-state index < -0.39 is 5.41 Å². The maximum atomic E-state index is 10.8. The second-order valence-electron chi connectivity index (χ2n) is 11.4. The van der Waals surface area contributed by atoms with E-state index in [0.717, 1.165) is 38.4 Å². The first-order valence-electron chi connectivity index (χ1n) is 14.9. The van der Waals surface area contributed by atoms with E-state index in [4.69, 9.17) is 9.97 Å². The SMILES string of the molecule is Oc1ccccc1-c1cccc(C2(c3cccc(-c4ncnc5ccsc45)c3)c3ccccc3-c3c2ccc2ccccc32)n1. The summed E-state index contributed by atoms with van der Waals surface area (Å²) in [6, 6.07) is 46.2. The molecule has 0 aliphatic heterocycles. The second-order valence-corrected chi connectivity index (χ2v) is 12.3. The molecule has 8 aromatic rings. The minimum Gasteiger partial charge on any atom is -0.507 e. The molecule has 1 N–H and O–H groups in total. The van der Waals surface area contributed by atoms with Gasteiger partial charge in [0.1, 0.15) is 12.1 Å². The highest BCUT2D eigenvalue weighted by Gasteiger charge is 2.48. The van der Waals surface area contributed by atoms with Gasteiger partial charge in [0, 0.05) is 11.1 Å². The van der Waals surface area contributed by atoms with Crippen LogP contribution in [0.3, 0.4) is 0 Å². The van der Waals surface area contributed by atoms with Gasteiger partial charge in [0.25, 0.3) is 0 Å². The van der Waals surface area contributed by atoms with E-state index in [2.05, 4.69) is 107 Å². The molecule has 0 bridgehead atoms. The van der Waals surface area contributed by atoms with Gasteiger partial charge in [-0.1, -0.05) is 97.1 Å². The van der Waals surface area contributed by atoms with Crippen LogP contribution in [0.25, 0.3) is 54.6 Å². The summed E-state index contributed by atoms with van der Waals surface area (Å²) in [5, 5.41) is 15.3. The number of thiophene rings is 1. The molecule has 1 aliphatic carbocycles. The van der Waals surface area contributed by atoms with E-state index in [1.165, 1.54) is 33.0 Å². The van der Waals surface area contributed by atoms with Crippen molar-refractivity contribution in [1.29, 1.82) is 0 Å². The summed E-state index contributed by atoms with van der Waals surface area (Å²) in [6.07, 6.45) is 1.65. The number of aromatic nitrogens is 3. The molecular weight excluding hydrogens is 571 g/mol. The predicted molar refractivity (Wildman–Crippen MR) is 183 cm³/mol. The van der Waals surface area contributed by atoms with Crippen LogP contribution in [0, 0.1) is 0 Å². The molecule has 9 rings (SSSR count). The zero-order valence-electron chi connectivity index (χ0n) is 24.1. The van der Waals surface area contributed by atoms with Crippen LogP contribution in [-0.4, -0.2) is 20.1 Å². The van der Waals surface area contributed by atoms with Crippen molar-refractivity contribution < 1.29 is 5.11 Å². The van der Waals surface area contributed by atoms with Crippen molar-refractivity contribution in [2.75, 3.05) is 0 Å². The van der Waals surface area contributed by atoms with Gasteiger partial charge >= 0.3 is 0 Å². The fraction of sp³-hybridized carbons (Fsp3) is 0.0250. The Morgan fingerprint density at radius 1 is 0.644 bits per heavy atom. The number of hydrogen-bond donors (Lipinski definition) is 1. The lowest BCUT2D eigenvalue weighted by Gasteiger charge is -2.33. The molecule has 4 nitrogen and oxygen atoms in total. The number of phenols is 1. The van der Waals surface area contributed by atoms with Gasteiger partial charge in [0.2, 0.25) is 0 Å². The molecule has 0 saturated heterocycles. The van der Waals surface area contributed by atoms with Gasteiger partial charge in [-0.2, -0.15) is 0 Å². The molecule has 0 spiro atoms. The van der Waals surface area contributed by atoms with Crippen molar-refractivity contribution in [2.24, 2.45) is 0 Å². The second kappa shape index (κ2) is 9.94. The van der Waals surface area contributed by atoms with Crippen molar-refractivity contribution >= 4 is 32.3 Å².